The minimum Gasteiger partial charge on any atom is -0.504 e. The summed E-state index contributed by atoms with van der Waals surface area (Å²) in [6.45, 7) is 2.34. The number of rotatable bonds is 5. The fraction of sp³-hybridized carbons (Fsp3) is 0.367. The Hall–Kier alpha value is -4.83. The lowest BCUT2D eigenvalue weighted by atomic mass is 9.75. The fourth-order valence-corrected chi connectivity index (χ4v) is 6.68. The molecule has 2 amide bonds. The molecule has 0 saturated carbocycles. The van der Waals surface area contributed by atoms with Crippen LogP contribution in [-0.2, 0) is 34.1 Å². The number of ether oxygens (including phenoxy) is 1. The summed E-state index contributed by atoms with van der Waals surface area (Å²) >= 11 is 6.09. The molecule has 3 aromatic heterocycles. The van der Waals surface area contributed by atoms with Crippen LogP contribution in [0.5, 0.6) is 5.75 Å². The molecular weight excluding hydrogens is 645 g/mol. The number of fused-ring (bicyclic) bond motifs is 3. The van der Waals surface area contributed by atoms with E-state index in [2.05, 4.69) is 25.4 Å². The molecule has 2 aliphatic heterocycles. The number of likely N-dealkylation sites (tertiary alicyclic amines) is 1. The van der Waals surface area contributed by atoms with E-state index in [1.54, 1.807) is 11.5 Å². The van der Waals surface area contributed by atoms with Gasteiger partial charge >= 0.3 is 6.18 Å². The molecule has 244 valence electrons. The maximum atomic E-state index is 14.1. The largest absolute Gasteiger partial charge is 0.504 e. The number of nitrogens with one attached hydrogen (secondary N) is 1. The van der Waals surface area contributed by atoms with Crippen LogP contribution >= 0.6 is 11.6 Å². The topological polar surface area (TPSA) is 157 Å². The van der Waals surface area contributed by atoms with Crippen LogP contribution in [0.4, 0.5) is 18.9 Å². The molecule has 47 heavy (non-hydrogen) atoms. The Balaban J connectivity index is 1.25. The van der Waals surface area contributed by atoms with E-state index in [0.717, 1.165) is 28.3 Å². The highest BCUT2D eigenvalue weighted by molar-refractivity contribution is 6.33. The lowest BCUT2D eigenvalue weighted by Gasteiger charge is -2.48. The van der Waals surface area contributed by atoms with E-state index in [-0.39, 0.29) is 53.3 Å². The zero-order chi connectivity index (χ0) is 33.2. The van der Waals surface area contributed by atoms with E-state index in [9.17, 15) is 32.7 Å². The molecule has 1 saturated heterocycles. The summed E-state index contributed by atoms with van der Waals surface area (Å²) < 4.78 is 47.5. The third kappa shape index (κ3) is 5.20. The highest BCUT2D eigenvalue weighted by Gasteiger charge is 2.53. The van der Waals surface area contributed by atoms with Crippen LogP contribution in [0, 0.1) is 6.92 Å². The number of nitrogens with zero attached hydrogens (tertiary/aromatic N) is 7. The summed E-state index contributed by atoms with van der Waals surface area (Å²) in [5.41, 5.74) is -0.291. The minimum absolute atomic E-state index is 0.0132. The van der Waals surface area contributed by atoms with E-state index < -0.39 is 34.5 Å². The molecular formula is C30H26ClF3N8O5. The van der Waals surface area contributed by atoms with Crippen molar-refractivity contribution in [3.63, 3.8) is 0 Å². The number of hydrogen-bond acceptors (Lipinski definition) is 9. The van der Waals surface area contributed by atoms with Gasteiger partial charge in [0.2, 0.25) is 11.7 Å². The first-order valence-electron chi connectivity index (χ1n) is 14.6. The number of alkyl halides is 3. The van der Waals surface area contributed by atoms with Crippen LogP contribution in [0.25, 0.3) is 11.4 Å². The van der Waals surface area contributed by atoms with Gasteiger partial charge in [0.1, 0.15) is 12.9 Å². The van der Waals surface area contributed by atoms with E-state index in [4.69, 9.17) is 16.3 Å². The normalized spacial score (nSPS) is 17.0. The SMILES string of the molecule is Cc1ncnc(C(=O)N2CC3(CCc4c3c(=O)n3nc(C5=CCOCC5)nc3n4CC(=O)Nc3ccc(C(F)(F)F)cc3Cl)C2)c1O. The molecule has 0 radical (unpaired) electrons. The standard InChI is InChI=1S/C30H26ClF3N8O5/c1-15-24(44)23(36-14-35-15)27(46)40-12-29(13-40)7-4-20-22(29)26(45)42-28(38-25(39-42)16-5-8-47-9-6-16)41(20)11-21(43)37-19-3-2-17(10-18(19)31)30(32,33)34/h2-3,5,10,14,44H,4,6-9,11-13H2,1H3,(H,37,43). The zero-order valence-corrected chi connectivity index (χ0v) is 25.5. The monoisotopic (exact) mass is 670 g/mol. The van der Waals surface area contributed by atoms with Crippen LogP contribution in [-0.4, -0.2) is 77.3 Å². The second kappa shape index (κ2) is 11.2. The maximum Gasteiger partial charge on any atom is 0.416 e. The molecule has 13 nitrogen and oxygen atoms in total. The molecule has 1 aromatic carbocycles. The first-order chi connectivity index (χ1) is 22.4. The third-order valence-electron chi connectivity index (χ3n) is 8.83. The second-order valence-corrected chi connectivity index (χ2v) is 12.2. The molecule has 1 aliphatic carbocycles. The Bertz CT molecular complexity index is 2070. The summed E-state index contributed by atoms with van der Waals surface area (Å²) in [5, 5.41) is 17.2. The number of amides is 2. The van der Waals surface area contributed by atoms with E-state index in [0.29, 0.717) is 49.6 Å². The average Bonchev–Trinajstić information content (AvgIpc) is 3.64. The zero-order valence-electron chi connectivity index (χ0n) is 24.8. The molecule has 3 aliphatic rings. The van der Waals surface area contributed by atoms with Gasteiger partial charge in [-0.1, -0.05) is 17.7 Å². The number of carbonyl (C=O) groups is 2. The Morgan fingerprint density at radius 2 is 1.98 bits per heavy atom. The predicted octanol–water partition coefficient (Wildman–Crippen LogP) is 3.15. The number of hydrogen-bond donors (Lipinski definition) is 2. The number of anilines is 1. The quantitative estimate of drug-likeness (QED) is 0.326. The molecule has 1 fully saturated rings. The van der Waals surface area contributed by atoms with Gasteiger partial charge in [0.05, 0.1) is 35.2 Å². The summed E-state index contributed by atoms with van der Waals surface area (Å²) in [5.74, 6) is -1.00. The minimum atomic E-state index is -4.61. The Labute approximate surface area is 268 Å². The average molecular weight is 671 g/mol. The number of benzene rings is 1. The van der Waals surface area contributed by atoms with Crippen LogP contribution in [0.1, 0.15) is 51.7 Å². The van der Waals surface area contributed by atoms with Crippen molar-refractivity contribution in [2.24, 2.45) is 0 Å². The third-order valence-corrected chi connectivity index (χ3v) is 9.14. The van der Waals surface area contributed by atoms with Gasteiger partial charge in [-0.3, -0.25) is 14.4 Å². The van der Waals surface area contributed by atoms with Gasteiger partial charge < -0.3 is 24.6 Å². The van der Waals surface area contributed by atoms with Crippen molar-refractivity contribution in [2.75, 3.05) is 31.6 Å². The van der Waals surface area contributed by atoms with Gasteiger partial charge in [0, 0.05) is 29.8 Å². The van der Waals surface area contributed by atoms with Crippen molar-refractivity contribution in [2.45, 2.75) is 44.3 Å². The Morgan fingerprint density at radius 3 is 2.68 bits per heavy atom. The van der Waals surface area contributed by atoms with Crippen molar-refractivity contribution < 1.29 is 32.6 Å². The summed E-state index contributed by atoms with van der Waals surface area (Å²) in [4.78, 5) is 54.7. The number of aryl methyl sites for hydroxylation is 1. The van der Waals surface area contributed by atoms with Gasteiger partial charge in [-0.05, 0) is 50.0 Å². The van der Waals surface area contributed by atoms with Gasteiger partial charge in [-0.25, -0.2) is 9.97 Å². The van der Waals surface area contributed by atoms with Crippen LogP contribution in [0.15, 0.2) is 35.4 Å². The summed E-state index contributed by atoms with van der Waals surface area (Å²) in [7, 11) is 0. The van der Waals surface area contributed by atoms with Crippen LogP contribution in [0.3, 0.4) is 0 Å². The molecule has 2 N–H and O–H groups in total. The molecule has 4 aromatic rings. The molecule has 0 atom stereocenters. The van der Waals surface area contributed by atoms with Crippen molar-refractivity contribution >= 4 is 40.5 Å². The van der Waals surface area contributed by atoms with E-state index in [1.807, 2.05) is 6.08 Å². The first kappa shape index (κ1) is 30.8. The lowest BCUT2D eigenvalue weighted by molar-refractivity contribution is -0.137. The maximum absolute atomic E-state index is 14.1. The van der Waals surface area contributed by atoms with Crippen molar-refractivity contribution in [1.29, 1.82) is 0 Å². The second-order valence-electron chi connectivity index (χ2n) is 11.8. The van der Waals surface area contributed by atoms with Crippen molar-refractivity contribution in [3.05, 3.63) is 80.0 Å². The van der Waals surface area contributed by atoms with Gasteiger partial charge in [-0.15, -0.1) is 5.10 Å². The van der Waals surface area contributed by atoms with Gasteiger partial charge in [-0.2, -0.15) is 22.7 Å². The van der Waals surface area contributed by atoms with Crippen LogP contribution < -0.4 is 10.9 Å². The Morgan fingerprint density at radius 1 is 1.19 bits per heavy atom. The molecule has 1 spiro atoms. The summed E-state index contributed by atoms with van der Waals surface area (Å²) in [6, 6.07) is 2.63. The van der Waals surface area contributed by atoms with Gasteiger partial charge in [0.25, 0.3) is 11.5 Å². The smallest absolute Gasteiger partial charge is 0.416 e. The van der Waals surface area contributed by atoms with Crippen molar-refractivity contribution in [3.8, 4) is 5.75 Å². The predicted molar refractivity (Wildman–Crippen MR) is 160 cm³/mol. The van der Waals surface area contributed by atoms with Gasteiger partial charge in [0.15, 0.2) is 17.3 Å². The van der Waals surface area contributed by atoms with Crippen molar-refractivity contribution in [1.82, 2.24) is 34.0 Å². The molecule has 7 rings (SSSR count). The number of halogens is 4. The molecule has 17 heteroatoms. The van der Waals surface area contributed by atoms with E-state index in [1.165, 1.54) is 11.2 Å². The number of aromatic hydroxyl groups is 1. The highest BCUT2D eigenvalue weighted by Crippen LogP contribution is 2.45. The first-order valence-corrected chi connectivity index (χ1v) is 15.0. The molecule has 5 heterocycles. The fourth-order valence-electron chi connectivity index (χ4n) is 6.45. The lowest BCUT2D eigenvalue weighted by Crippen LogP contribution is -2.62. The van der Waals surface area contributed by atoms with E-state index >= 15 is 0 Å². The Kier molecular flexibility index (Phi) is 7.31. The molecule has 0 unspecified atom stereocenters. The molecule has 0 bridgehead atoms. The number of aromatic nitrogens is 6. The summed E-state index contributed by atoms with van der Waals surface area (Å²) in [6.07, 6.45) is -0.198. The number of carbonyl (C=O) groups excluding carboxylic acids is 2. The highest BCUT2D eigenvalue weighted by atomic mass is 35.5. The van der Waals surface area contributed by atoms with Crippen LogP contribution in [0.2, 0.25) is 5.02 Å².